The van der Waals surface area contributed by atoms with Crippen LogP contribution in [0.3, 0.4) is 0 Å². The highest BCUT2D eigenvalue weighted by molar-refractivity contribution is 6.04. The van der Waals surface area contributed by atoms with E-state index in [1.807, 2.05) is 0 Å². The summed E-state index contributed by atoms with van der Waals surface area (Å²) in [6.07, 6.45) is 2.64. The Morgan fingerprint density at radius 3 is 2.95 bits per heavy atom. The van der Waals surface area contributed by atoms with E-state index in [4.69, 9.17) is 10.5 Å². The number of rotatable bonds is 5. The van der Waals surface area contributed by atoms with Crippen molar-refractivity contribution in [2.45, 2.75) is 0 Å². The number of carbonyl (C=O) groups is 1. The Morgan fingerprint density at radius 2 is 2.20 bits per heavy atom. The Hall–Kier alpha value is -2.60. The van der Waals surface area contributed by atoms with Gasteiger partial charge >= 0.3 is 0 Å². The summed E-state index contributed by atoms with van der Waals surface area (Å²) in [5.74, 6) is 0.212. The van der Waals surface area contributed by atoms with Crippen molar-refractivity contribution in [1.82, 2.24) is 4.98 Å². The molecule has 0 saturated heterocycles. The molecule has 1 aromatic heterocycles. The number of benzene rings is 1. The van der Waals surface area contributed by atoms with Gasteiger partial charge in [0.1, 0.15) is 18.1 Å². The van der Waals surface area contributed by atoms with Crippen LogP contribution in [0.25, 0.3) is 0 Å². The van der Waals surface area contributed by atoms with E-state index in [9.17, 15) is 9.90 Å². The molecule has 20 heavy (non-hydrogen) atoms. The lowest BCUT2D eigenvalue weighted by Gasteiger charge is -2.08. The lowest BCUT2D eigenvalue weighted by molar-refractivity contribution is 0.102. The molecule has 0 saturated carbocycles. The van der Waals surface area contributed by atoms with Gasteiger partial charge in [0.2, 0.25) is 0 Å². The quantitative estimate of drug-likeness (QED) is 0.764. The number of nitrogens with one attached hydrogen (secondary N) is 1. The molecule has 6 nitrogen and oxygen atoms in total. The Balaban J connectivity index is 2.07. The first kappa shape index (κ1) is 13.8. The van der Waals surface area contributed by atoms with Crippen molar-refractivity contribution in [3.05, 3.63) is 48.3 Å². The lowest BCUT2D eigenvalue weighted by Crippen LogP contribution is -2.13. The molecule has 1 aromatic carbocycles. The highest BCUT2D eigenvalue weighted by Gasteiger charge is 2.07. The van der Waals surface area contributed by atoms with Crippen LogP contribution in [-0.4, -0.2) is 29.1 Å². The number of amides is 1. The maximum absolute atomic E-state index is 12.0. The van der Waals surface area contributed by atoms with Crippen molar-refractivity contribution in [3.63, 3.8) is 0 Å². The molecule has 0 unspecified atom stereocenters. The Labute approximate surface area is 116 Å². The molecule has 0 fully saturated rings. The first-order chi connectivity index (χ1) is 9.69. The summed E-state index contributed by atoms with van der Waals surface area (Å²) in [5, 5.41) is 12.0. The molecule has 6 heteroatoms. The zero-order valence-corrected chi connectivity index (χ0v) is 10.7. The van der Waals surface area contributed by atoms with Gasteiger partial charge < -0.3 is 20.9 Å². The minimum Gasteiger partial charge on any atom is -0.506 e. The largest absolute Gasteiger partial charge is 0.506 e. The summed E-state index contributed by atoms with van der Waals surface area (Å²) in [5.41, 5.74) is 6.23. The second-order valence-electron chi connectivity index (χ2n) is 4.05. The van der Waals surface area contributed by atoms with E-state index in [2.05, 4.69) is 10.3 Å². The van der Waals surface area contributed by atoms with E-state index in [0.29, 0.717) is 24.6 Å². The number of aromatic hydroxyl groups is 1. The van der Waals surface area contributed by atoms with Gasteiger partial charge in [-0.25, -0.2) is 0 Å². The van der Waals surface area contributed by atoms with Gasteiger partial charge in [0.05, 0.1) is 11.8 Å². The van der Waals surface area contributed by atoms with Gasteiger partial charge in [0.15, 0.2) is 0 Å². The minimum absolute atomic E-state index is 0.0577. The Morgan fingerprint density at radius 1 is 1.35 bits per heavy atom. The maximum atomic E-state index is 12.0. The van der Waals surface area contributed by atoms with Crippen LogP contribution in [-0.2, 0) is 0 Å². The standard InChI is InChI=1S/C14H15N3O3/c15-4-5-20-13-3-1-2-11(7-13)17-14(19)10-6-12(18)9-16-8-10/h1-3,6-9,18H,4-5,15H2,(H,17,19). The molecule has 0 atom stereocenters. The van der Waals surface area contributed by atoms with Crippen molar-refractivity contribution < 1.29 is 14.6 Å². The van der Waals surface area contributed by atoms with Crippen molar-refractivity contribution in [2.24, 2.45) is 5.73 Å². The fourth-order valence-corrected chi connectivity index (χ4v) is 1.60. The minimum atomic E-state index is -0.357. The van der Waals surface area contributed by atoms with E-state index < -0.39 is 0 Å². The summed E-state index contributed by atoms with van der Waals surface area (Å²) in [7, 11) is 0. The molecule has 0 aliphatic carbocycles. The molecule has 0 radical (unpaired) electrons. The number of nitrogens with zero attached hydrogens (tertiary/aromatic N) is 1. The van der Waals surface area contributed by atoms with Gasteiger partial charge in [-0.3, -0.25) is 9.78 Å². The molecular formula is C14H15N3O3. The molecule has 0 aliphatic rings. The Bertz CT molecular complexity index is 602. The molecule has 4 N–H and O–H groups in total. The van der Waals surface area contributed by atoms with Crippen LogP contribution in [0.4, 0.5) is 5.69 Å². The molecular weight excluding hydrogens is 258 g/mol. The van der Waals surface area contributed by atoms with Crippen LogP contribution in [0.5, 0.6) is 11.5 Å². The first-order valence-corrected chi connectivity index (χ1v) is 6.07. The third-order valence-electron chi connectivity index (χ3n) is 2.46. The van der Waals surface area contributed by atoms with Gasteiger partial charge in [-0.1, -0.05) is 6.07 Å². The molecule has 0 spiro atoms. The summed E-state index contributed by atoms with van der Waals surface area (Å²) >= 11 is 0. The fraction of sp³-hybridized carbons (Fsp3) is 0.143. The number of hydrogen-bond acceptors (Lipinski definition) is 5. The number of hydrogen-bond donors (Lipinski definition) is 3. The third kappa shape index (κ3) is 3.69. The van der Waals surface area contributed by atoms with Crippen LogP contribution >= 0.6 is 0 Å². The zero-order chi connectivity index (χ0) is 14.4. The van der Waals surface area contributed by atoms with E-state index in [0.717, 1.165) is 0 Å². The van der Waals surface area contributed by atoms with Crippen LogP contribution in [0.15, 0.2) is 42.7 Å². The van der Waals surface area contributed by atoms with Crippen LogP contribution in [0.2, 0.25) is 0 Å². The van der Waals surface area contributed by atoms with Gasteiger partial charge in [-0.2, -0.15) is 0 Å². The number of aromatic nitrogens is 1. The predicted octanol–water partition coefficient (Wildman–Crippen LogP) is 1.38. The van der Waals surface area contributed by atoms with Crippen molar-refractivity contribution >= 4 is 11.6 Å². The van der Waals surface area contributed by atoms with Crippen LogP contribution < -0.4 is 15.8 Å². The number of nitrogens with two attached hydrogens (primary N) is 1. The number of pyridine rings is 1. The van der Waals surface area contributed by atoms with E-state index in [1.165, 1.54) is 18.5 Å². The molecule has 2 aromatic rings. The third-order valence-corrected chi connectivity index (χ3v) is 2.46. The van der Waals surface area contributed by atoms with E-state index in [1.54, 1.807) is 24.3 Å². The Kier molecular flexibility index (Phi) is 4.52. The summed E-state index contributed by atoms with van der Waals surface area (Å²) in [4.78, 5) is 15.7. The monoisotopic (exact) mass is 273 g/mol. The van der Waals surface area contributed by atoms with Gasteiger partial charge in [-0.15, -0.1) is 0 Å². The molecule has 2 rings (SSSR count). The number of anilines is 1. The maximum Gasteiger partial charge on any atom is 0.257 e. The van der Waals surface area contributed by atoms with Gasteiger partial charge in [0.25, 0.3) is 5.91 Å². The molecule has 0 bridgehead atoms. The van der Waals surface area contributed by atoms with Crippen molar-refractivity contribution in [2.75, 3.05) is 18.5 Å². The molecule has 1 amide bonds. The average Bonchev–Trinajstić information content (AvgIpc) is 2.45. The average molecular weight is 273 g/mol. The van der Waals surface area contributed by atoms with Crippen molar-refractivity contribution in [3.8, 4) is 11.5 Å². The normalized spacial score (nSPS) is 10.1. The van der Waals surface area contributed by atoms with E-state index in [-0.39, 0.29) is 17.2 Å². The summed E-state index contributed by atoms with van der Waals surface area (Å²) < 4.78 is 5.37. The molecule has 1 heterocycles. The van der Waals surface area contributed by atoms with Gasteiger partial charge in [-0.05, 0) is 18.2 Å². The highest BCUT2D eigenvalue weighted by Crippen LogP contribution is 2.18. The van der Waals surface area contributed by atoms with Crippen LogP contribution in [0, 0.1) is 0 Å². The topological polar surface area (TPSA) is 97.5 Å². The summed E-state index contributed by atoms with van der Waals surface area (Å²) in [6, 6.07) is 8.33. The number of carbonyl (C=O) groups excluding carboxylic acids is 1. The predicted molar refractivity (Wildman–Crippen MR) is 74.8 cm³/mol. The first-order valence-electron chi connectivity index (χ1n) is 6.07. The molecule has 104 valence electrons. The second-order valence-corrected chi connectivity index (χ2v) is 4.05. The zero-order valence-electron chi connectivity index (χ0n) is 10.7. The lowest BCUT2D eigenvalue weighted by atomic mass is 10.2. The van der Waals surface area contributed by atoms with Gasteiger partial charge in [0, 0.05) is 24.5 Å². The smallest absolute Gasteiger partial charge is 0.257 e. The SMILES string of the molecule is NCCOc1cccc(NC(=O)c2cncc(O)c2)c1. The fourth-order valence-electron chi connectivity index (χ4n) is 1.60. The number of ether oxygens (including phenoxy) is 1. The van der Waals surface area contributed by atoms with Crippen molar-refractivity contribution in [1.29, 1.82) is 0 Å². The molecule has 0 aliphatic heterocycles. The highest BCUT2D eigenvalue weighted by atomic mass is 16.5. The second kappa shape index (κ2) is 6.53. The van der Waals surface area contributed by atoms with Crippen LogP contribution in [0.1, 0.15) is 10.4 Å². The summed E-state index contributed by atoms with van der Waals surface area (Å²) in [6.45, 7) is 0.833. The van der Waals surface area contributed by atoms with E-state index >= 15 is 0 Å².